The third-order valence-electron chi connectivity index (χ3n) is 5.32. The molecule has 1 N–H and O–H groups in total. The first-order valence-corrected chi connectivity index (χ1v) is 11.3. The molecule has 2 aromatic carbocycles. The first-order chi connectivity index (χ1) is 14.8. The van der Waals surface area contributed by atoms with Gasteiger partial charge in [-0.25, -0.2) is 8.42 Å². The van der Waals surface area contributed by atoms with Crippen molar-refractivity contribution in [2.24, 2.45) is 0 Å². The topological polar surface area (TPSA) is 102 Å². The maximum Gasteiger partial charge on any atom is 0.324 e. The number of ether oxygens (including phenoxy) is 2. The smallest absolute Gasteiger partial charge is 0.324 e. The van der Waals surface area contributed by atoms with Gasteiger partial charge in [-0.3, -0.25) is 9.59 Å². The SMILES string of the molecule is COC(=O)[C@H]1C[C@@H](NC(C)=O)CCN1S(=O)(=O)c1ccc(-c2ccc(OC)cc2)cc1. The van der Waals surface area contributed by atoms with Crippen LogP contribution in [0, 0.1) is 0 Å². The Labute approximate surface area is 182 Å². The molecule has 1 fully saturated rings. The second-order valence-electron chi connectivity index (χ2n) is 7.33. The van der Waals surface area contributed by atoms with Gasteiger partial charge in [-0.2, -0.15) is 4.31 Å². The highest BCUT2D eigenvalue weighted by Gasteiger charge is 2.41. The molecule has 1 aliphatic heterocycles. The summed E-state index contributed by atoms with van der Waals surface area (Å²) < 4.78 is 37.7. The number of carbonyl (C=O) groups is 2. The molecular weight excluding hydrogens is 420 g/mol. The standard InChI is InChI=1S/C22H26N2O6S/c1-15(25)23-18-12-13-24(21(14-18)22(26)30-3)31(27,28)20-10-6-17(7-11-20)16-4-8-19(29-2)9-5-16/h4-11,18,21H,12-14H2,1-3H3,(H,23,25)/t18-,21+/m0/s1. The summed E-state index contributed by atoms with van der Waals surface area (Å²) in [6.07, 6.45) is 0.575. The van der Waals surface area contributed by atoms with Crippen molar-refractivity contribution >= 4 is 21.9 Å². The lowest BCUT2D eigenvalue weighted by molar-refractivity contribution is -0.146. The molecule has 8 nitrogen and oxygen atoms in total. The number of benzene rings is 2. The molecule has 1 heterocycles. The third kappa shape index (κ3) is 5.05. The van der Waals surface area contributed by atoms with Crippen molar-refractivity contribution in [3.63, 3.8) is 0 Å². The maximum atomic E-state index is 13.3. The van der Waals surface area contributed by atoms with Crippen LogP contribution >= 0.6 is 0 Å². The van der Waals surface area contributed by atoms with Crippen LogP contribution in [0.4, 0.5) is 0 Å². The molecule has 0 spiro atoms. The van der Waals surface area contributed by atoms with E-state index in [0.717, 1.165) is 16.9 Å². The largest absolute Gasteiger partial charge is 0.497 e. The zero-order chi connectivity index (χ0) is 22.6. The van der Waals surface area contributed by atoms with E-state index in [2.05, 4.69) is 5.32 Å². The molecule has 0 bridgehead atoms. The van der Waals surface area contributed by atoms with Gasteiger partial charge in [-0.15, -0.1) is 0 Å². The number of methoxy groups -OCH3 is 2. The van der Waals surface area contributed by atoms with Crippen molar-refractivity contribution in [1.82, 2.24) is 9.62 Å². The van der Waals surface area contributed by atoms with E-state index in [1.165, 1.54) is 30.5 Å². The summed E-state index contributed by atoms with van der Waals surface area (Å²) in [5.41, 5.74) is 1.78. The number of nitrogens with zero attached hydrogens (tertiary/aromatic N) is 1. The molecule has 0 radical (unpaired) electrons. The minimum atomic E-state index is -3.93. The normalized spacial score (nSPS) is 19.5. The first kappa shape index (κ1) is 22.8. The number of nitrogens with one attached hydrogen (secondary N) is 1. The quantitative estimate of drug-likeness (QED) is 0.683. The van der Waals surface area contributed by atoms with Crippen molar-refractivity contribution in [3.8, 4) is 16.9 Å². The van der Waals surface area contributed by atoms with Gasteiger partial charge in [0.25, 0.3) is 0 Å². The van der Waals surface area contributed by atoms with E-state index in [0.29, 0.717) is 6.42 Å². The van der Waals surface area contributed by atoms with Crippen LogP contribution in [0.1, 0.15) is 19.8 Å². The van der Waals surface area contributed by atoms with Crippen LogP contribution in [0.25, 0.3) is 11.1 Å². The molecule has 1 amide bonds. The van der Waals surface area contributed by atoms with E-state index in [1.807, 2.05) is 24.3 Å². The monoisotopic (exact) mass is 446 g/mol. The highest BCUT2D eigenvalue weighted by molar-refractivity contribution is 7.89. The van der Waals surface area contributed by atoms with Crippen molar-refractivity contribution < 1.29 is 27.5 Å². The van der Waals surface area contributed by atoms with Crippen LogP contribution in [-0.2, 0) is 24.3 Å². The highest BCUT2D eigenvalue weighted by atomic mass is 32.2. The molecule has 9 heteroatoms. The lowest BCUT2D eigenvalue weighted by atomic mass is 9.99. The van der Waals surface area contributed by atoms with Gasteiger partial charge < -0.3 is 14.8 Å². The number of sulfonamides is 1. The minimum Gasteiger partial charge on any atom is -0.497 e. The summed E-state index contributed by atoms with van der Waals surface area (Å²) in [5, 5.41) is 2.76. The van der Waals surface area contributed by atoms with Gasteiger partial charge in [0.05, 0.1) is 19.1 Å². The fourth-order valence-electron chi connectivity index (χ4n) is 3.74. The Hall–Kier alpha value is -2.91. The van der Waals surface area contributed by atoms with Crippen LogP contribution in [0.5, 0.6) is 5.75 Å². The van der Waals surface area contributed by atoms with Gasteiger partial charge in [0, 0.05) is 19.5 Å². The summed E-state index contributed by atoms with van der Waals surface area (Å²) >= 11 is 0. The van der Waals surface area contributed by atoms with Crippen LogP contribution < -0.4 is 10.1 Å². The van der Waals surface area contributed by atoms with E-state index < -0.39 is 22.0 Å². The Morgan fingerprint density at radius 1 is 1.00 bits per heavy atom. The summed E-state index contributed by atoms with van der Waals surface area (Å²) in [6.45, 7) is 1.49. The number of hydrogen-bond acceptors (Lipinski definition) is 6. The predicted molar refractivity (Wildman–Crippen MR) is 115 cm³/mol. The Morgan fingerprint density at radius 2 is 1.58 bits per heavy atom. The van der Waals surface area contributed by atoms with Gasteiger partial charge in [0.1, 0.15) is 11.8 Å². The average molecular weight is 447 g/mol. The minimum absolute atomic E-state index is 0.0941. The Bertz CT molecular complexity index is 1030. The maximum absolute atomic E-state index is 13.3. The summed E-state index contributed by atoms with van der Waals surface area (Å²) in [5.74, 6) is -0.132. The number of carbonyl (C=O) groups excluding carboxylic acids is 2. The molecule has 2 atom stereocenters. The lowest BCUT2D eigenvalue weighted by Gasteiger charge is -2.36. The molecule has 1 saturated heterocycles. The van der Waals surface area contributed by atoms with Gasteiger partial charge in [-0.1, -0.05) is 24.3 Å². The van der Waals surface area contributed by atoms with Gasteiger partial charge in [-0.05, 0) is 48.2 Å². The second-order valence-corrected chi connectivity index (χ2v) is 9.22. The Balaban J connectivity index is 1.84. The molecule has 2 aromatic rings. The number of esters is 1. The first-order valence-electron chi connectivity index (χ1n) is 9.87. The zero-order valence-electron chi connectivity index (χ0n) is 17.7. The number of hydrogen-bond donors (Lipinski definition) is 1. The van der Waals surface area contributed by atoms with Gasteiger partial charge in [0.15, 0.2) is 0 Å². The molecular formula is C22H26N2O6S. The Kier molecular flexibility index (Phi) is 6.97. The fourth-order valence-corrected chi connectivity index (χ4v) is 5.34. The van der Waals surface area contributed by atoms with Gasteiger partial charge in [0.2, 0.25) is 15.9 Å². The summed E-state index contributed by atoms with van der Waals surface area (Å²) in [6, 6.07) is 12.7. The summed E-state index contributed by atoms with van der Waals surface area (Å²) in [7, 11) is -1.11. The van der Waals surface area contributed by atoms with E-state index in [-0.39, 0.29) is 29.8 Å². The van der Waals surface area contributed by atoms with E-state index in [1.54, 1.807) is 19.2 Å². The van der Waals surface area contributed by atoms with E-state index >= 15 is 0 Å². The molecule has 3 rings (SSSR count). The van der Waals surface area contributed by atoms with E-state index in [4.69, 9.17) is 9.47 Å². The van der Waals surface area contributed by atoms with Crippen molar-refractivity contribution in [2.45, 2.75) is 36.7 Å². The molecule has 1 aliphatic rings. The number of rotatable bonds is 6. The Morgan fingerprint density at radius 3 is 2.10 bits per heavy atom. The van der Waals surface area contributed by atoms with Crippen molar-refractivity contribution in [3.05, 3.63) is 48.5 Å². The molecule has 0 unspecified atom stereocenters. The average Bonchev–Trinajstić information content (AvgIpc) is 2.78. The zero-order valence-corrected chi connectivity index (χ0v) is 18.5. The van der Waals surface area contributed by atoms with Crippen LogP contribution in [0.3, 0.4) is 0 Å². The summed E-state index contributed by atoms with van der Waals surface area (Å²) in [4.78, 5) is 23.8. The van der Waals surface area contributed by atoms with Crippen LogP contribution in [-0.4, -0.2) is 57.4 Å². The van der Waals surface area contributed by atoms with Crippen LogP contribution in [0.2, 0.25) is 0 Å². The third-order valence-corrected chi connectivity index (χ3v) is 7.24. The van der Waals surface area contributed by atoms with Gasteiger partial charge >= 0.3 is 5.97 Å². The van der Waals surface area contributed by atoms with Crippen LogP contribution in [0.15, 0.2) is 53.4 Å². The highest BCUT2D eigenvalue weighted by Crippen LogP contribution is 2.29. The second kappa shape index (κ2) is 9.49. The molecule has 0 aromatic heterocycles. The number of piperidine rings is 1. The molecule has 166 valence electrons. The fraction of sp³-hybridized carbons (Fsp3) is 0.364. The van der Waals surface area contributed by atoms with Crippen molar-refractivity contribution in [2.75, 3.05) is 20.8 Å². The molecule has 0 saturated carbocycles. The number of amides is 1. The predicted octanol–water partition coefficient (Wildman–Crippen LogP) is 2.19. The van der Waals surface area contributed by atoms with E-state index in [9.17, 15) is 18.0 Å². The molecule has 31 heavy (non-hydrogen) atoms. The lowest BCUT2D eigenvalue weighted by Crippen LogP contribution is -2.54. The van der Waals surface area contributed by atoms with Crippen molar-refractivity contribution in [1.29, 1.82) is 0 Å². The molecule has 0 aliphatic carbocycles.